The number of hydrogen-bond acceptors (Lipinski definition) is 1. The van der Waals surface area contributed by atoms with Crippen LogP contribution in [0.2, 0.25) is 5.02 Å². The van der Waals surface area contributed by atoms with E-state index in [0.29, 0.717) is 0 Å². The van der Waals surface area contributed by atoms with Gasteiger partial charge in [-0.15, -0.1) is 11.8 Å². The quantitative estimate of drug-likeness (QED) is 0.523. The van der Waals surface area contributed by atoms with Crippen LogP contribution in [0.1, 0.15) is 6.92 Å². The van der Waals surface area contributed by atoms with Gasteiger partial charge in [0, 0.05) is 15.7 Å². The Morgan fingerprint density at radius 3 is 2.92 bits per heavy atom. The third kappa shape index (κ3) is 3.33. The highest BCUT2D eigenvalue weighted by Crippen LogP contribution is 2.22. The van der Waals surface area contributed by atoms with E-state index < -0.39 is 0 Å². The highest BCUT2D eigenvalue weighted by atomic mass is 35.5. The molecule has 0 amide bonds. The molecule has 0 heterocycles. The largest absolute Gasteiger partial charge is 0.122 e. The van der Waals surface area contributed by atoms with Crippen molar-refractivity contribution in [1.82, 2.24) is 0 Å². The molecule has 64 valence electrons. The first-order chi connectivity index (χ1) is 5.68. The maximum absolute atomic E-state index is 5.82. The van der Waals surface area contributed by atoms with Crippen molar-refractivity contribution < 1.29 is 0 Å². The highest BCUT2D eigenvalue weighted by molar-refractivity contribution is 7.99. The standard InChI is InChI=1S/C10H11ClS/c1-8(2)7-12-10-5-3-4-9(11)6-10/h3-6H,1,7H2,2H3. The Balaban J connectivity index is 2.57. The van der Waals surface area contributed by atoms with Crippen molar-refractivity contribution in [2.45, 2.75) is 11.8 Å². The molecule has 1 aromatic carbocycles. The lowest BCUT2D eigenvalue weighted by Gasteiger charge is -2.00. The molecule has 0 spiro atoms. The normalized spacial score (nSPS) is 9.83. The second-order valence-electron chi connectivity index (χ2n) is 2.70. The molecular formula is C10H11ClS. The van der Waals surface area contributed by atoms with Crippen molar-refractivity contribution in [2.75, 3.05) is 5.75 Å². The molecule has 0 atom stereocenters. The van der Waals surface area contributed by atoms with Crippen molar-refractivity contribution in [3.63, 3.8) is 0 Å². The Bertz CT molecular complexity index is 281. The zero-order valence-electron chi connectivity index (χ0n) is 7.01. The van der Waals surface area contributed by atoms with Gasteiger partial charge >= 0.3 is 0 Å². The molecule has 0 saturated carbocycles. The second-order valence-corrected chi connectivity index (χ2v) is 4.19. The minimum absolute atomic E-state index is 0.793. The summed E-state index contributed by atoms with van der Waals surface area (Å²) in [7, 11) is 0. The number of thioether (sulfide) groups is 1. The summed E-state index contributed by atoms with van der Waals surface area (Å²) in [5.74, 6) is 0.959. The third-order valence-electron chi connectivity index (χ3n) is 1.28. The Morgan fingerprint density at radius 1 is 1.58 bits per heavy atom. The van der Waals surface area contributed by atoms with Gasteiger partial charge in [-0.05, 0) is 25.1 Å². The summed E-state index contributed by atoms with van der Waals surface area (Å²) in [6.45, 7) is 5.86. The van der Waals surface area contributed by atoms with Crippen LogP contribution in [0.3, 0.4) is 0 Å². The monoisotopic (exact) mass is 198 g/mol. The van der Waals surface area contributed by atoms with Crippen LogP contribution in [0.15, 0.2) is 41.3 Å². The first-order valence-electron chi connectivity index (χ1n) is 3.71. The summed E-state index contributed by atoms with van der Waals surface area (Å²) in [4.78, 5) is 1.20. The van der Waals surface area contributed by atoms with Crippen molar-refractivity contribution >= 4 is 23.4 Å². The Labute approximate surface area is 82.6 Å². The average Bonchev–Trinajstić information content (AvgIpc) is 2.01. The zero-order chi connectivity index (χ0) is 8.97. The molecule has 2 heteroatoms. The Morgan fingerprint density at radius 2 is 2.33 bits per heavy atom. The van der Waals surface area contributed by atoms with Gasteiger partial charge in [0.25, 0.3) is 0 Å². The zero-order valence-corrected chi connectivity index (χ0v) is 8.58. The second kappa shape index (κ2) is 4.58. The first kappa shape index (κ1) is 9.69. The molecule has 1 aromatic rings. The first-order valence-corrected chi connectivity index (χ1v) is 5.07. The van der Waals surface area contributed by atoms with Gasteiger partial charge in [-0.1, -0.05) is 29.8 Å². The Hall–Kier alpha value is -0.400. The molecular weight excluding hydrogens is 188 g/mol. The lowest BCUT2D eigenvalue weighted by atomic mass is 10.4. The molecule has 12 heavy (non-hydrogen) atoms. The molecule has 1 rings (SSSR count). The summed E-state index contributed by atoms with van der Waals surface area (Å²) in [6.07, 6.45) is 0. The van der Waals surface area contributed by atoms with E-state index in [9.17, 15) is 0 Å². The summed E-state index contributed by atoms with van der Waals surface area (Å²) < 4.78 is 0. The van der Waals surface area contributed by atoms with Crippen LogP contribution in [0.25, 0.3) is 0 Å². The molecule has 0 saturated heterocycles. The van der Waals surface area contributed by atoms with Crippen molar-refractivity contribution in [3.05, 3.63) is 41.4 Å². The minimum Gasteiger partial charge on any atom is -0.122 e. The van der Waals surface area contributed by atoms with Crippen molar-refractivity contribution in [3.8, 4) is 0 Å². The van der Waals surface area contributed by atoms with E-state index in [-0.39, 0.29) is 0 Å². The molecule has 0 aliphatic carbocycles. The molecule has 0 aliphatic rings. The highest BCUT2D eigenvalue weighted by Gasteiger charge is 1.94. The van der Waals surface area contributed by atoms with Crippen LogP contribution in [0.5, 0.6) is 0 Å². The average molecular weight is 199 g/mol. The molecule has 0 aromatic heterocycles. The van der Waals surface area contributed by atoms with Crippen LogP contribution < -0.4 is 0 Å². The number of rotatable bonds is 3. The molecule has 0 aliphatic heterocycles. The third-order valence-corrected chi connectivity index (χ3v) is 2.74. The molecule has 0 nitrogen and oxygen atoms in total. The predicted molar refractivity (Wildman–Crippen MR) is 57.0 cm³/mol. The fourth-order valence-corrected chi connectivity index (χ4v) is 1.82. The molecule has 0 radical (unpaired) electrons. The summed E-state index contributed by atoms with van der Waals surface area (Å²) >= 11 is 7.58. The van der Waals surface area contributed by atoms with E-state index in [1.54, 1.807) is 11.8 Å². The molecule has 0 bridgehead atoms. The van der Waals surface area contributed by atoms with Gasteiger partial charge in [0.15, 0.2) is 0 Å². The van der Waals surface area contributed by atoms with Gasteiger partial charge in [0.2, 0.25) is 0 Å². The van der Waals surface area contributed by atoms with Gasteiger partial charge in [-0.2, -0.15) is 0 Å². The van der Waals surface area contributed by atoms with Crippen molar-refractivity contribution in [2.24, 2.45) is 0 Å². The number of halogens is 1. The van der Waals surface area contributed by atoms with Gasteiger partial charge < -0.3 is 0 Å². The van der Waals surface area contributed by atoms with E-state index in [4.69, 9.17) is 11.6 Å². The van der Waals surface area contributed by atoms with Crippen LogP contribution in [0, 0.1) is 0 Å². The molecule has 0 unspecified atom stereocenters. The van der Waals surface area contributed by atoms with E-state index in [2.05, 4.69) is 12.6 Å². The summed E-state index contributed by atoms with van der Waals surface area (Å²) in [6, 6.07) is 7.87. The lowest BCUT2D eigenvalue weighted by Crippen LogP contribution is -1.78. The van der Waals surface area contributed by atoms with Gasteiger partial charge in [-0.3, -0.25) is 0 Å². The summed E-state index contributed by atoms with van der Waals surface area (Å²) in [5, 5.41) is 0.793. The van der Waals surface area contributed by atoms with Crippen LogP contribution in [-0.2, 0) is 0 Å². The van der Waals surface area contributed by atoms with Gasteiger partial charge in [0.05, 0.1) is 0 Å². The molecule has 0 fully saturated rings. The SMILES string of the molecule is C=C(C)CSc1cccc(Cl)c1. The lowest BCUT2D eigenvalue weighted by molar-refractivity contribution is 1.40. The summed E-state index contributed by atoms with van der Waals surface area (Å²) in [5.41, 5.74) is 1.18. The maximum Gasteiger partial charge on any atom is 0.0417 e. The number of hydrogen-bond donors (Lipinski definition) is 0. The smallest absolute Gasteiger partial charge is 0.0417 e. The van der Waals surface area contributed by atoms with E-state index in [1.165, 1.54) is 10.5 Å². The van der Waals surface area contributed by atoms with E-state index in [1.807, 2.05) is 25.1 Å². The fourth-order valence-electron chi connectivity index (χ4n) is 0.763. The van der Waals surface area contributed by atoms with E-state index in [0.717, 1.165) is 10.8 Å². The predicted octanol–water partition coefficient (Wildman–Crippen LogP) is 4.01. The topological polar surface area (TPSA) is 0 Å². The fraction of sp³-hybridized carbons (Fsp3) is 0.200. The maximum atomic E-state index is 5.82. The van der Waals surface area contributed by atoms with Crippen LogP contribution >= 0.6 is 23.4 Å². The van der Waals surface area contributed by atoms with E-state index >= 15 is 0 Å². The van der Waals surface area contributed by atoms with Gasteiger partial charge in [-0.25, -0.2) is 0 Å². The molecule has 0 N–H and O–H groups in total. The van der Waals surface area contributed by atoms with Crippen LogP contribution in [0.4, 0.5) is 0 Å². The van der Waals surface area contributed by atoms with Crippen LogP contribution in [-0.4, -0.2) is 5.75 Å². The van der Waals surface area contributed by atoms with Crippen molar-refractivity contribution in [1.29, 1.82) is 0 Å². The Kier molecular flexibility index (Phi) is 3.70. The number of benzene rings is 1. The van der Waals surface area contributed by atoms with Gasteiger partial charge in [0.1, 0.15) is 0 Å². The minimum atomic E-state index is 0.793.